The SMILES string of the molecule is CCCN/C(C)=C\C(C)=NC. The van der Waals surface area contributed by atoms with Gasteiger partial charge in [-0.15, -0.1) is 0 Å². The zero-order valence-corrected chi connectivity index (χ0v) is 7.94. The van der Waals surface area contributed by atoms with Crippen LogP contribution in [0.3, 0.4) is 0 Å². The third-order valence-electron chi connectivity index (χ3n) is 1.43. The molecule has 11 heavy (non-hydrogen) atoms. The maximum Gasteiger partial charge on any atom is 0.0330 e. The normalized spacial score (nSPS) is 13.5. The lowest BCUT2D eigenvalue weighted by atomic mass is 10.3. The average Bonchev–Trinajstić information content (AvgIpc) is 2.00. The van der Waals surface area contributed by atoms with Gasteiger partial charge in [0.05, 0.1) is 0 Å². The first-order chi connectivity index (χ1) is 5.20. The smallest absolute Gasteiger partial charge is 0.0330 e. The van der Waals surface area contributed by atoms with E-state index in [1.165, 1.54) is 5.70 Å². The van der Waals surface area contributed by atoms with Crippen LogP contribution >= 0.6 is 0 Å². The molecule has 0 aliphatic carbocycles. The first-order valence-electron chi connectivity index (χ1n) is 4.06. The van der Waals surface area contributed by atoms with Crippen LogP contribution in [0.4, 0.5) is 0 Å². The predicted molar refractivity (Wildman–Crippen MR) is 51.1 cm³/mol. The van der Waals surface area contributed by atoms with Crippen LogP contribution in [0, 0.1) is 0 Å². The lowest BCUT2D eigenvalue weighted by molar-refractivity contribution is 0.770. The molecule has 2 nitrogen and oxygen atoms in total. The number of aliphatic imine (C=N–C) groups is 1. The van der Waals surface area contributed by atoms with Crippen molar-refractivity contribution >= 4 is 5.71 Å². The molecule has 0 aliphatic rings. The van der Waals surface area contributed by atoms with Gasteiger partial charge in [-0.25, -0.2) is 0 Å². The summed E-state index contributed by atoms with van der Waals surface area (Å²) in [6.07, 6.45) is 3.21. The molecule has 0 spiro atoms. The van der Waals surface area contributed by atoms with Crippen LogP contribution in [0.1, 0.15) is 27.2 Å². The number of allylic oxidation sites excluding steroid dienone is 2. The van der Waals surface area contributed by atoms with E-state index in [4.69, 9.17) is 0 Å². The third-order valence-corrected chi connectivity index (χ3v) is 1.43. The minimum atomic E-state index is 1.04. The second kappa shape index (κ2) is 5.96. The molecule has 0 saturated heterocycles. The predicted octanol–water partition coefficient (Wildman–Crippen LogP) is 1.98. The number of nitrogens with one attached hydrogen (secondary N) is 1. The lowest BCUT2D eigenvalue weighted by Crippen LogP contribution is -2.12. The molecule has 0 atom stereocenters. The van der Waals surface area contributed by atoms with Gasteiger partial charge in [-0.2, -0.15) is 0 Å². The van der Waals surface area contributed by atoms with Crippen molar-refractivity contribution < 1.29 is 0 Å². The molecule has 0 radical (unpaired) electrons. The number of hydrogen-bond donors (Lipinski definition) is 1. The monoisotopic (exact) mass is 154 g/mol. The summed E-state index contributed by atoms with van der Waals surface area (Å²) in [5.74, 6) is 0. The molecule has 0 rings (SSSR count). The molecular weight excluding hydrogens is 136 g/mol. The summed E-state index contributed by atoms with van der Waals surface area (Å²) in [5, 5.41) is 3.28. The van der Waals surface area contributed by atoms with E-state index in [9.17, 15) is 0 Å². The topological polar surface area (TPSA) is 24.4 Å². The van der Waals surface area contributed by atoms with E-state index in [-0.39, 0.29) is 0 Å². The van der Waals surface area contributed by atoms with Crippen molar-refractivity contribution in [1.82, 2.24) is 5.32 Å². The van der Waals surface area contributed by atoms with Gasteiger partial charge in [0, 0.05) is 25.0 Å². The fraction of sp³-hybridized carbons (Fsp3) is 0.667. The Labute approximate surface area is 69.4 Å². The summed E-state index contributed by atoms with van der Waals surface area (Å²) >= 11 is 0. The molecular formula is C9H18N2. The van der Waals surface area contributed by atoms with Gasteiger partial charge < -0.3 is 5.32 Å². The van der Waals surface area contributed by atoms with Crippen molar-refractivity contribution in [3.8, 4) is 0 Å². The van der Waals surface area contributed by atoms with Gasteiger partial charge in [0.25, 0.3) is 0 Å². The Balaban J connectivity index is 3.80. The van der Waals surface area contributed by atoms with E-state index >= 15 is 0 Å². The highest BCUT2D eigenvalue weighted by Crippen LogP contribution is 1.88. The van der Waals surface area contributed by atoms with E-state index < -0.39 is 0 Å². The highest BCUT2D eigenvalue weighted by atomic mass is 14.9. The third kappa shape index (κ3) is 5.64. The first kappa shape index (κ1) is 10.2. The molecule has 0 aromatic carbocycles. The average molecular weight is 154 g/mol. The van der Waals surface area contributed by atoms with Crippen LogP contribution < -0.4 is 5.32 Å². The highest BCUT2D eigenvalue weighted by Gasteiger charge is 1.86. The van der Waals surface area contributed by atoms with Crippen molar-refractivity contribution in [3.05, 3.63) is 11.8 Å². The Kier molecular flexibility index (Phi) is 5.53. The molecule has 0 heterocycles. The van der Waals surface area contributed by atoms with Gasteiger partial charge >= 0.3 is 0 Å². The largest absolute Gasteiger partial charge is 0.389 e. The quantitative estimate of drug-likeness (QED) is 0.615. The van der Waals surface area contributed by atoms with Crippen LogP contribution in [0.25, 0.3) is 0 Å². The molecule has 0 aliphatic heterocycles. The van der Waals surface area contributed by atoms with E-state index in [2.05, 4.69) is 30.2 Å². The van der Waals surface area contributed by atoms with E-state index in [1.807, 2.05) is 6.92 Å². The van der Waals surface area contributed by atoms with Gasteiger partial charge in [0.1, 0.15) is 0 Å². The van der Waals surface area contributed by atoms with Crippen molar-refractivity contribution in [1.29, 1.82) is 0 Å². The Hall–Kier alpha value is -0.790. The number of rotatable bonds is 4. The van der Waals surface area contributed by atoms with E-state index in [0.29, 0.717) is 0 Å². The molecule has 0 aromatic rings. The molecule has 1 N–H and O–H groups in total. The minimum Gasteiger partial charge on any atom is -0.389 e. The van der Waals surface area contributed by atoms with Gasteiger partial charge in [0.2, 0.25) is 0 Å². The molecule has 64 valence electrons. The Morgan fingerprint density at radius 3 is 2.55 bits per heavy atom. The summed E-state index contributed by atoms with van der Waals surface area (Å²) < 4.78 is 0. The summed E-state index contributed by atoms with van der Waals surface area (Å²) in [6, 6.07) is 0. The van der Waals surface area contributed by atoms with Crippen LogP contribution in [-0.4, -0.2) is 19.3 Å². The molecule has 2 heteroatoms. The van der Waals surface area contributed by atoms with Gasteiger partial charge in [-0.3, -0.25) is 4.99 Å². The van der Waals surface area contributed by atoms with Gasteiger partial charge in [-0.05, 0) is 26.3 Å². The van der Waals surface area contributed by atoms with Crippen LogP contribution in [0.2, 0.25) is 0 Å². The zero-order chi connectivity index (χ0) is 8.69. The van der Waals surface area contributed by atoms with E-state index in [0.717, 1.165) is 18.7 Å². The molecule has 0 unspecified atom stereocenters. The maximum absolute atomic E-state index is 4.04. The van der Waals surface area contributed by atoms with Gasteiger partial charge in [-0.1, -0.05) is 6.92 Å². The zero-order valence-electron chi connectivity index (χ0n) is 7.94. The van der Waals surface area contributed by atoms with E-state index in [1.54, 1.807) is 7.05 Å². The molecule has 0 fully saturated rings. The second-order valence-electron chi connectivity index (χ2n) is 2.62. The fourth-order valence-corrected chi connectivity index (χ4v) is 0.751. The molecule has 0 bridgehead atoms. The Bertz CT molecular complexity index is 157. The summed E-state index contributed by atoms with van der Waals surface area (Å²) in [5.41, 5.74) is 2.25. The van der Waals surface area contributed by atoms with Crippen molar-refractivity contribution in [2.75, 3.05) is 13.6 Å². The maximum atomic E-state index is 4.04. The minimum absolute atomic E-state index is 1.04. The fourth-order valence-electron chi connectivity index (χ4n) is 0.751. The van der Waals surface area contributed by atoms with Crippen LogP contribution in [0.5, 0.6) is 0 Å². The lowest BCUT2D eigenvalue weighted by Gasteiger charge is -2.03. The summed E-state index contributed by atoms with van der Waals surface area (Å²) in [6.45, 7) is 7.25. The molecule has 0 aromatic heterocycles. The highest BCUT2D eigenvalue weighted by molar-refractivity contribution is 5.93. The first-order valence-corrected chi connectivity index (χ1v) is 4.06. The van der Waals surface area contributed by atoms with Crippen molar-refractivity contribution in [3.63, 3.8) is 0 Å². The molecule has 0 saturated carbocycles. The molecule has 0 amide bonds. The van der Waals surface area contributed by atoms with Crippen molar-refractivity contribution in [2.45, 2.75) is 27.2 Å². The summed E-state index contributed by atoms with van der Waals surface area (Å²) in [7, 11) is 1.80. The second-order valence-corrected chi connectivity index (χ2v) is 2.62. The van der Waals surface area contributed by atoms with Crippen LogP contribution in [-0.2, 0) is 0 Å². The van der Waals surface area contributed by atoms with Crippen molar-refractivity contribution in [2.24, 2.45) is 4.99 Å². The van der Waals surface area contributed by atoms with Gasteiger partial charge in [0.15, 0.2) is 0 Å². The van der Waals surface area contributed by atoms with Crippen LogP contribution in [0.15, 0.2) is 16.8 Å². The Morgan fingerprint density at radius 1 is 1.45 bits per heavy atom. The standard InChI is InChI=1S/C9H18N2/c1-5-6-11-9(3)7-8(2)10-4/h7,11H,5-6H2,1-4H3/b9-7-,10-8?. The number of hydrogen-bond acceptors (Lipinski definition) is 2. The summed E-state index contributed by atoms with van der Waals surface area (Å²) in [4.78, 5) is 4.04. The Morgan fingerprint density at radius 2 is 2.09 bits per heavy atom. The number of nitrogens with zero attached hydrogens (tertiary/aromatic N) is 1.